The largest absolute Gasteiger partial charge is 0.325 e. The van der Waals surface area contributed by atoms with Gasteiger partial charge in [-0.3, -0.25) is 9.89 Å². The number of nitrogens with one attached hydrogen (secondary N) is 3. The normalized spacial score (nSPS) is 17.4. The zero-order valence-electron chi connectivity index (χ0n) is 14.9. The molecule has 2 aliphatic rings. The van der Waals surface area contributed by atoms with Crippen molar-refractivity contribution in [3.05, 3.63) is 35.2 Å². The molecule has 1 aliphatic heterocycles. The van der Waals surface area contributed by atoms with E-state index in [1.165, 1.54) is 12.5 Å². The molecule has 9 heteroatoms. The van der Waals surface area contributed by atoms with Gasteiger partial charge in [-0.05, 0) is 49.4 Å². The molecule has 2 heterocycles. The van der Waals surface area contributed by atoms with Crippen molar-refractivity contribution in [3.8, 4) is 0 Å². The van der Waals surface area contributed by atoms with Crippen LogP contribution >= 0.6 is 11.8 Å². The van der Waals surface area contributed by atoms with E-state index in [0.29, 0.717) is 17.9 Å². The Balaban J connectivity index is 1.53. The fourth-order valence-electron chi connectivity index (χ4n) is 3.49. The summed E-state index contributed by atoms with van der Waals surface area (Å²) in [6.45, 7) is 0.159. The summed E-state index contributed by atoms with van der Waals surface area (Å²) >= 11 is 1.55. The van der Waals surface area contributed by atoms with E-state index in [0.717, 1.165) is 47.5 Å². The molecule has 0 saturated heterocycles. The molecule has 0 unspecified atom stereocenters. The molecule has 0 radical (unpaired) electrons. The third kappa shape index (κ3) is 4.04. The molecule has 0 spiro atoms. The van der Waals surface area contributed by atoms with Crippen LogP contribution in [0.1, 0.15) is 42.6 Å². The van der Waals surface area contributed by atoms with E-state index in [1.54, 1.807) is 23.9 Å². The first-order chi connectivity index (χ1) is 13.0. The van der Waals surface area contributed by atoms with Crippen LogP contribution in [0, 0.1) is 0 Å². The summed E-state index contributed by atoms with van der Waals surface area (Å²) in [5.74, 6) is 0.593. The molecule has 0 fully saturated rings. The van der Waals surface area contributed by atoms with Gasteiger partial charge in [0, 0.05) is 22.8 Å². The lowest BCUT2D eigenvalue weighted by molar-refractivity contribution is -0.115. The summed E-state index contributed by atoms with van der Waals surface area (Å²) in [7, 11) is -3.70. The van der Waals surface area contributed by atoms with Gasteiger partial charge in [-0.25, -0.2) is 13.1 Å². The van der Waals surface area contributed by atoms with Gasteiger partial charge in [0.25, 0.3) is 0 Å². The summed E-state index contributed by atoms with van der Waals surface area (Å²) < 4.78 is 28.1. The Morgan fingerprint density at radius 2 is 2.00 bits per heavy atom. The molecule has 2 aromatic rings. The average Bonchev–Trinajstić information content (AvgIpc) is 2.80. The van der Waals surface area contributed by atoms with Crippen LogP contribution in [0.25, 0.3) is 0 Å². The molecule has 1 aromatic heterocycles. The number of aromatic amines is 1. The van der Waals surface area contributed by atoms with Gasteiger partial charge < -0.3 is 5.32 Å². The number of sulfonamides is 1. The number of benzene rings is 1. The number of aromatic nitrogens is 2. The van der Waals surface area contributed by atoms with Crippen LogP contribution in [0.15, 0.2) is 28.0 Å². The second-order valence-corrected chi connectivity index (χ2v) is 9.72. The number of aryl methyl sites for hydroxylation is 1. The zero-order chi connectivity index (χ0) is 18.9. The van der Waals surface area contributed by atoms with E-state index in [-0.39, 0.29) is 17.3 Å². The van der Waals surface area contributed by atoms with Crippen molar-refractivity contribution < 1.29 is 13.2 Å². The third-order valence-corrected chi connectivity index (χ3v) is 7.42. The number of hydrogen-bond acceptors (Lipinski definition) is 5. The predicted octanol–water partition coefficient (Wildman–Crippen LogP) is 2.59. The van der Waals surface area contributed by atoms with E-state index in [2.05, 4.69) is 20.2 Å². The highest BCUT2D eigenvalue weighted by Gasteiger charge is 2.21. The molecule has 0 atom stereocenters. The number of hydrogen-bond donors (Lipinski definition) is 3. The van der Waals surface area contributed by atoms with Gasteiger partial charge in [0.15, 0.2) is 0 Å². The highest BCUT2D eigenvalue weighted by Crippen LogP contribution is 2.32. The molecule has 3 N–H and O–H groups in total. The van der Waals surface area contributed by atoms with Crippen LogP contribution in [-0.4, -0.2) is 30.3 Å². The fraction of sp³-hybridized carbons (Fsp3) is 0.444. The SMILES string of the molecule is O=C1CCSc2ccc(S(=O)(=O)NCc3n[nH]c4c3CCCCC4)cc2N1. The lowest BCUT2D eigenvalue weighted by atomic mass is 10.1. The van der Waals surface area contributed by atoms with Crippen molar-refractivity contribution in [1.82, 2.24) is 14.9 Å². The zero-order valence-corrected chi connectivity index (χ0v) is 16.5. The number of carbonyl (C=O) groups excluding carboxylic acids is 1. The molecule has 27 heavy (non-hydrogen) atoms. The molecule has 4 rings (SSSR count). The second kappa shape index (κ2) is 7.65. The number of nitrogens with zero attached hydrogens (tertiary/aromatic N) is 1. The maximum absolute atomic E-state index is 12.7. The average molecular weight is 407 g/mol. The molecule has 144 valence electrons. The summed E-state index contributed by atoms with van der Waals surface area (Å²) in [5, 5.41) is 10.2. The van der Waals surface area contributed by atoms with Crippen LogP contribution in [0.2, 0.25) is 0 Å². The number of anilines is 1. The minimum atomic E-state index is -3.70. The first-order valence-electron chi connectivity index (χ1n) is 9.14. The van der Waals surface area contributed by atoms with Gasteiger partial charge in [-0.2, -0.15) is 5.10 Å². The van der Waals surface area contributed by atoms with Gasteiger partial charge in [0.2, 0.25) is 15.9 Å². The van der Waals surface area contributed by atoms with Crippen LogP contribution in [0.3, 0.4) is 0 Å². The van der Waals surface area contributed by atoms with Crippen molar-refractivity contribution in [2.24, 2.45) is 0 Å². The number of fused-ring (bicyclic) bond motifs is 2. The second-order valence-electron chi connectivity index (χ2n) is 6.82. The molecule has 0 bridgehead atoms. The first-order valence-corrected chi connectivity index (χ1v) is 11.6. The molecule has 7 nitrogen and oxygen atoms in total. The molecule has 1 aromatic carbocycles. The number of thioether (sulfide) groups is 1. The number of H-pyrrole nitrogens is 1. The number of amides is 1. The van der Waals surface area contributed by atoms with Crippen LogP contribution < -0.4 is 10.0 Å². The van der Waals surface area contributed by atoms with Gasteiger partial charge in [0.05, 0.1) is 22.8 Å². The lowest BCUT2D eigenvalue weighted by Crippen LogP contribution is -2.24. The standard InChI is InChI=1S/C18H22N4O3S2/c23-18-8-9-26-17-7-6-12(10-15(17)20-18)27(24,25)19-11-16-13-4-2-1-3-5-14(13)21-22-16/h6-7,10,19H,1-5,8-9,11H2,(H,20,23)(H,21,22). The summed E-state index contributed by atoms with van der Waals surface area (Å²) in [5.41, 5.74) is 3.61. The van der Waals surface area contributed by atoms with Gasteiger partial charge in [-0.1, -0.05) is 6.42 Å². The third-order valence-electron chi connectivity index (χ3n) is 4.94. The van der Waals surface area contributed by atoms with Crippen LogP contribution in [0.4, 0.5) is 5.69 Å². The van der Waals surface area contributed by atoms with Crippen LogP contribution in [-0.2, 0) is 34.2 Å². The minimum absolute atomic E-state index is 0.0945. The maximum atomic E-state index is 12.7. The quantitative estimate of drug-likeness (QED) is 0.677. The topological polar surface area (TPSA) is 104 Å². The summed E-state index contributed by atoms with van der Waals surface area (Å²) in [4.78, 5) is 12.8. The Hall–Kier alpha value is -1.84. The monoisotopic (exact) mass is 406 g/mol. The fourth-order valence-corrected chi connectivity index (χ4v) is 5.44. The van der Waals surface area contributed by atoms with Crippen molar-refractivity contribution >= 4 is 33.4 Å². The van der Waals surface area contributed by atoms with E-state index < -0.39 is 10.0 Å². The van der Waals surface area contributed by atoms with Crippen molar-refractivity contribution in [2.75, 3.05) is 11.1 Å². The van der Waals surface area contributed by atoms with Crippen LogP contribution in [0.5, 0.6) is 0 Å². The predicted molar refractivity (Wildman–Crippen MR) is 104 cm³/mol. The molecular weight excluding hydrogens is 384 g/mol. The maximum Gasteiger partial charge on any atom is 0.240 e. The first kappa shape index (κ1) is 18.5. The van der Waals surface area contributed by atoms with E-state index in [9.17, 15) is 13.2 Å². The summed E-state index contributed by atoms with van der Waals surface area (Å²) in [6, 6.07) is 4.86. The smallest absolute Gasteiger partial charge is 0.240 e. The van der Waals surface area contributed by atoms with Gasteiger partial charge in [0.1, 0.15) is 0 Å². The highest BCUT2D eigenvalue weighted by atomic mass is 32.2. The van der Waals surface area contributed by atoms with Crippen molar-refractivity contribution in [1.29, 1.82) is 0 Å². The Bertz CT molecular complexity index is 969. The Morgan fingerprint density at radius 3 is 2.89 bits per heavy atom. The van der Waals surface area contributed by atoms with E-state index in [4.69, 9.17) is 0 Å². The molecule has 1 amide bonds. The minimum Gasteiger partial charge on any atom is -0.325 e. The number of carbonyl (C=O) groups is 1. The lowest BCUT2D eigenvalue weighted by Gasteiger charge is -2.11. The Labute approximate surface area is 162 Å². The van der Waals surface area contributed by atoms with E-state index >= 15 is 0 Å². The molecule has 1 aliphatic carbocycles. The summed E-state index contributed by atoms with van der Waals surface area (Å²) in [6.07, 6.45) is 5.76. The van der Waals surface area contributed by atoms with Crippen molar-refractivity contribution in [2.45, 2.75) is 54.9 Å². The Morgan fingerprint density at radius 1 is 1.15 bits per heavy atom. The Kier molecular flexibility index (Phi) is 5.25. The molecular formula is C18H22N4O3S2. The van der Waals surface area contributed by atoms with E-state index in [1.807, 2.05) is 0 Å². The number of rotatable bonds is 4. The molecule has 0 saturated carbocycles. The highest BCUT2D eigenvalue weighted by molar-refractivity contribution is 7.99. The van der Waals surface area contributed by atoms with Gasteiger partial charge in [-0.15, -0.1) is 11.8 Å². The van der Waals surface area contributed by atoms with Crippen molar-refractivity contribution in [3.63, 3.8) is 0 Å². The van der Waals surface area contributed by atoms with Gasteiger partial charge >= 0.3 is 0 Å².